The Bertz CT molecular complexity index is 1080. The van der Waals surface area contributed by atoms with Gasteiger partial charge in [-0.25, -0.2) is 4.68 Å². The summed E-state index contributed by atoms with van der Waals surface area (Å²) in [7, 11) is 1.77. The van der Waals surface area contributed by atoms with Gasteiger partial charge in [0.25, 0.3) is 5.91 Å². The van der Waals surface area contributed by atoms with E-state index in [0.717, 1.165) is 11.4 Å². The molecule has 0 bridgehead atoms. The Morgan fingerprint density at radius 3 is 2.73 bits per heavy atom. The minimum atomic E-state index is -3.10. The van der Waals surface area contributed by atoms with E-state index in [1.54, 1.807) is 11.9 Å². The molecule has 2 N–H and O–H groups in total. The summed E-state index contributed by atoms with van der Waals surface area (Å²) in [6, 6.07) is 5.69. The number of carbonyl (C=O) groups is 2. The molecular formula is C20H21F2N5O3. The molecule has 0 fully saturated rings. The smallest absolute Gasteiger partial charge is 0.343 e. The molecule has 30 heavy (non-hydrogen) atoms. The molecule has 0 spiro atoms. The monoisotopic (exact) mass is 417 g/mol. The fourth-order valence-corrected chi connectivity index (χ4v) is 2.87. The van der Waals surface area contributed by atoms with Crippen LogP contribution in [0.25, 0.3) is 10.9 Å². The molecule has 3 aromatic rings. The van der Waals surface area contributed by atoms with E-state index in [9.17, 15) is 18.4 Å². The van der Waals surface area contributed by atoms with Crippen LogP contribution in [0.15, 0.2) is 42.7 Å². The van der Waals surface area contributed by atoms with E-state index < -0.39 is 18.4 Å². The number of hydrogen-bond acceptors (Lipinski definition) is 5. The standard InChI is InChI=1S/C10H10F2N4O.C10H11NO2/c1-2-10(11,12)16-8-3-7(9(13)17)14-4-6(8)5-15-16;1-11-8-4-2-3-5-9(8)13-7-6-10(11)12/h3-5H,2H2,1H3,(H2,13,17);2-5H,6-7H2,1H3. The SMILES string of the molecule is CCC(F)(F)n1ncc2cnc(C(N)=O)cc21.CN1C(=O)CCOc2ccccc21. The van der Waals surface area contributed by atoms with Gasteiger partial charge in [0.15, 0.2) is 0 Å². The molecular weight excluding hydrogens is 396 g/mol. The zero-order valence-electron chi connectivity index (χ0n) is 16.5. The van der Waals surface area contributed by atoms with Crippen LogP contribution in [0, 0.1) is 0 Å². The molecule has 158 valence electrons. The second-order valence-corrected chi connectivity index (χ2v) is 6.59. The van der Waals surface area contributed by atoms with Crippen molar-refractivity contribution in [2.24, 2.45) is 5.73 Å². The lowest BCUT2D eigenvalue weighted by Crippen LogP contribution is -2.24. The molecule has 0 atom stereocenters. The quantitative estimate of drug-likeness (QED) is 0.706. The number of pyridine rings is 1. The highest BCUT2D eigenvalue weighted by molar-refractivity contribution is 5.95. The molecule has 1 aromatic carbocycles. The molecule has 2 aromatic heterocycles. The minimum absolute atomic E-state index is 0.0637. The Kier molecular flexibility index (Phi) is 5.95. The van der Waals surface area contributed by atoms with Crippen molar-refractivity contribution in [1.29, 1.82) is 0 Å². The van der Waals surface area contributed by atoms with Crippen LogP contribution in [0.1, 0.15) is 30.3 Å². The highest BCUT2D eigenvalue weighted by Crippen LogP contribution is 2.30. The molecule has 8 nitrogen and oxygen atoms in total. The summed E-state index contributed by atoms with van der Waals surface area (Å²) >= 11 is 0. The molecule has 1 aliphatic heterocycles. The van der Waals surface area contributed by atoms with E-state index in [-0.39, 0.29) is 17.1 Å². The predicted molar refractivity (Wildman–Crippen MR) is 106 cm³/mol. The topological polar surface area (TPSA) is 103 Å². The first kappa shape index (κ1) is 21.2. The van der Waals surface area contributed by atoms with Gasteiger partial charge < -0.3 is 15.4 Å². The molecule has 10 heteroatoms. The molecule has 0 aliphatic carbocycles. The van der Waals surface area contributed by atoms with E-state index in [2.05, 4.69) is 10.1 Å². The number of amides is 2. The molecule has 1 aliphatic rings. The number of ether oxygens (including phenoxy) is 1. The molecule has 0 saturated heterocycles. The molecule has 0 radical (unpaired) electrons. The zero-order valence-corrected chi connectivity index (χ0v) is 16.5. The minimum Gasteiger partial charge on any atom is -0.491 e. The second-order valence-electron chi connectivity index (χ2n) is 6.59. The van der Waals surface area contributed by atoms with Crippen molar-refractivity contribution in [2.45, 2.75) is 25.8 Å². The second kappa shape index (κ2) is 8.44. The summed E-state index contributed by atoms with van der Waals surface area (Å²) in [5.41, 5.74) is 5.97. The van der Waals surface area contributed by atoms with Gasteiger partial charge in [-0.2, -0.15) is 13.9 Å². The molecule has 0 saturated carbocycles. The van der Waals surface area contributed by atoms with Crippen molar-refractivity contribution in [3.63, 3.8) is 0 Å². The molecule has 2 amide bonds. The normalized spacial score (nSPS) is 13.7. The number of nitrogens with zero attached hydrogens (tertiary/aromatic N) is 4. The van der Waals surface area contributed by atoms with Gasteiger partial charge >= 0.3 is 6.05 Å². The van der Waals surface area contributed by atoms with Gasteiger partial charge in [0.05, 0.1) is 30.4 Å². The van der Waals surface area contributed by atoms with Crippen LogP contribution in [-0.2, 0) is 10.8 Å². The average molecular weight is 417 g/mol. The Hall–Kier alpha value is -3.56. The Morgan fingerprint density at radius 2 is 2.03 bits per heavy atom. The van der Waals surface area contributed by atoms with Crippen LogP contribution in [-0.4, -0.2) is 40.2 Å². The van der Waals surface area contributed by atoms with Gasteiger partial charge in [0.1, 0.15) is 11.4 Å². The van der Waals surface area contributed by atoms with Crippen LogP contribution in [0.2, 0.25) is 0 Å². The lowest BCUT2D eigenvalue weighted by atomic mass is 10.2. The zero-order chi connectivity index (χ0) is 21.9. The summed E-state index contributed by atoms with van der Waals surface area (Å²) in [6.07, 6.45) is 2.63. The number of hydrogen-bond donors (Lipinski definition) is 1. The van der Waals surface area contributed by atoms with E-state index >= 15 is 0 Å². The third kappa shape index (κ3) is 4.22. The summed E-state index contributed by atoms with van der Waals surface area (Å²) in [5.74, 6) is 0.125. The number of alkyl halides is 2. The number of rotatable bonds is 3. The summed E-state index contributed by atoms with van der Waals surface area (Å²) in [6.45, 7) is 1.82. The number of anilines is 1. The summed E-state index contributed by atoms with van der Waals surface area (Å²) < 4.78 is 33.1. The largest absolute Gasteiger partial charge is 0.491 e. The van der Waals surface area contributed by atoms with Gasteiger partial charge in [-0.15, -0.1) is 0 Å². The average Bonchev–Trinajstić information content (AvgIpc) is 3.12. The lowest BCUT2D eigenvalue weighted by Gasteiger charge is -2.15. The number of fused-ring (bicyclic) bond motifs is 2. The van der Waals surface area contributed by atoms with E-state index in [1.807, 2.05) is 24.3 Å². The van der Waals surface area contributed by atoms with Crippen LogP contribution >= 0.6 is 0 Å². The number of primary amides is 1. The predicted octanol–water partition coefficient (Wildman–Crippen LogP) is 2.92. The van der Waals surface area contributed by atoms with Gasteiger partial charge in [-0.05, 0) is 18.2 Å². The van der Waals surface area contributed by atoms with Crippen LogP contribution in [0.5, 0.6) is 5.75 Å². The van der Waals surface area contributed by atoms with Crippen LogP contribution < -0.4 is 15.4 Å². The number of benzene rings is 1. The van der Waals surface area contributed by atoms with E-state index in [0.29, 0.717) is 23.1 Å². The number of aromatic nitrogens is 3. The van der Waals surface area contributed by atoms with Crippen molar-refractivity contribution in [2.75, 3.05) is 18.6 Å². The number of halogens is 2. The van der Waals surface area contributed by atoms with Gasteiger partial charge in [0.2, 0.25) is 5.91 Å². The van der Waals surface area contributed by atoms with Gasteiger partial charge in [-0.1, -0.05) is 19.1 Å². The maximum absolute atomic E-state index is 13.5. The highest BCUT2D eigenvalue weighted by atomic mass is 19.3. The number of carbonyl (C=O) groups excluding carboxylic acids is 2. The fraction of sp³-hybridized carbons (Fsp3) is 0.300. The van der Waals surface area contributed by atoms with Gasteiger partial charge in [0, 0.05) is 25.1 Å². The highest BCUT2D eigenvalue weighted by Gasteiger charge is 2.31. The fourth-order valence-electron chi connectivity index (χ4n) is 2.87. The molecule has 4 rings (SSSR count). The third-order valence-electron chi connectivity index (χ3n) is 4.61. The van der Waals surface area contributed by atoms with Gasteiger partial charge in [-0.3, -0.25) is 14.6 Å². The lowest BCUT2D eigenvalue weighted by molar-refractivity contribution is -0.118. The first-order valence-electron chi connectivity index (χ1n) is 9.25. The Morgan fingerprint density at radius 1 is 1.30 bits per heavy atom. The van der Waals surface area contributed by atoms with Crippen molar-refractivity contribution in [3.8, 4) is 5.75 Å². The first-order chi connectivity index (χ1) is 14.2. The molecule has 0 unspecified atom stereocenters. The molecule has 3 heterocycles. The van der Waals surface area contributed by atoms with Crippen molar-refractivity contribution in [1.82, 2.24) is 14.8 Å². The van der Waals surface area contributed by atoms with Crippen molar-refractivity contribution >= 4 is 28.4 Å². The maximum atomic E-state index is 13.5. The van der Waals surface area contributed by atoms with Crippen LogP contribution in [0.4, 0.5) is 14.5 Å². The van der Waals surface area contributed by atoms with E-state index in [4.69, 9.17) is 10.5 Å². The summed E-state index contributed by atoms with van der Waals surface area (Å²) in [4.78, 5) is 27.8. The van der Waals surface area contributed by atoms with Crippen LogP contribution in [0.3, 0.4) is 0 Å². The maximum Gasteiger partial charge on any atom is 0.343 e. The number of nitrogens with two attached hydrogens (primary N) is 1. The Labute approximate surface area is 171 Å². The van der Waals surface area contributed by atoms with Crippen molar-refractivity contribution in [3.05, 3.63) is 48.4 Å². The number of para-hydroxylation sites is 2. The van der Waals surface area contributed by atoms with E-state index in [1.165, 1.54) is 25.4 Å². The van der Waals surface area contributed by atoms with Crippen molar-refractivity contribution < 1.29 is 23.1 Å². The third-order valence-corrected chi connectivity index (χ3v) is 4.61. The first-order valence-corrected chi connectivity index (χ1v) is 9.25. The summed E-state index contributed by atoms with van der Waals surface area (Å²) in [5, 5.41) is 4.05. The Balaban J connectivity index is 0.000000177.